The highest BCUT2D eigenvalue weighted by Crippen LogP contribution is 2.26. The zero-order chi connectivity index (χ0) is 19.6. The SMILES string of the molecule is COc1cccc(F)c1CNc1ccc(C(C(C)=N)=C(C)N)c2nncn12. The Morgan fingerprint density at radius 2 is 2.07 bits per heavy atom. The first-order valence-electron chi connectivity index (χ1n) is 8.34. The maximum absolute atomic E-state index is 14.1. The minimum Gasteiger partial charge on any atom is -0.496 e. The molecule has 0 saturated heterocycles. The molecule has 0 aliphatic heterocycles. The first kappa shape index (κ1) is 18.4. The number of nitrogens with two attached hydrogens (primary N) is 1. The molecule has 8 heteroatoms. The Bertz CT molecular complexity index is 1040. The second-order valence-corrected chi connectivity index (χ2v) is 6.11. The van der Waals surface area contributed by atoms with E-state index in [2.05, 4.69) is 15.5 Å². The van der Waals surface area contributed by atoms with E-state index in [1.54, 1.807) is 36.7 Å². The number of hydrogen-bond acceptors (Lipinski definition) is 6. The summed E-state index contributed by atoms with van der Waals surface area (Å²) in [5, 5.41) is 19.3. The minimum absolute atomic E-state index is 0.227. The molecule has 7 nitrogen and oxygen atoms in total. The van der Waals surface area contributed by atoms with E-state index in [9.17, 15) is 4.39 Å². The van der Waals surface area contributed by atoms with Gasteiger partial charge in [-0.3, -0.25) is 4.40 Å². The van der Waals surface area contributed by atoms with Gasteiger partial charge in [-0.2, -0.15) is 0 Å². The molecule has 0 atom stereocenters. The summed E-state index contributed by atoms with van der Waals surface area (Å²) in [6, 6.07) is 8.36. The highest BCUT2D eigenvalue weighted by molar-refractivity contribution is 6.23. The van der Waals surface area contributed by atoms with E-state index in [1.165, 1.54) is 13.2 Å². The topological polar surface area (TPSA) is 101 Å². The Morgan fingerprint density at radius 1 is 1.30 bits per heavy atom. The quantitative estimate of drug-likeness (QED) is 0.580. The van der Waals surface area contributed by atoms with Gasteiger partial charge in [0, 0.05) is 34.7 Å². The molecular weight excluding hydrogens is 347 g/mol. The number of allylic oxidation sites excluding steroid dienone is 2. The van der Waals surface area contributed by atoms with Crippen molar-refractivity contribution in [2.75, 3.05) is 12.4 Å². The summed E-state index contributed by atoms with van der Waals surface area (Å²) in [6.07, 6.45) is 1.56. The number of fused-ring (bicyclic) bond motifs is 1. The van der Waals surface area contributed by atoms with Crippen LogP contribution < -0.4 is 15.8 Å². The van der Waals surface area contributed by atoms with Crippen molar-refractivity contribution in [2.45, 2.75) is 20.4 Å². The van der Waals surface area contributed by atoms with Crippen molar-refractivity contribution in [3.63, 3.8) is 0 Å². The number of pyridine rings is 1. The number of nitrogens with one attached hydrogen (secondary N) is 2. The molecule has 2 aromatic heterocycles. The zero-order valence-corrected chi connectivity index (χ0v) is 15.4. The average molecular weight is 368 g/mol. The molecule has 3 aromatic rings. The fourth-order valence-electron chi connectivity index (χ4n) is 3.04. The molecule has 0 aliphatic rings. The highest BCUT2D eigenvalue weighted by Gasteiger charge is 2.16. The van der Waals surface area contributed by atoms with Crippen molar-refractivity contribution in [1.29, 1.82) is 5.41 Å². The average Bonchev–Trinajstić information content (AvgIpc) is 3.11. The van der Waals surface area contributed by atoms with Gasteiger partial charge in [-0.15, -0.1) is 10.2 Å². The normalized spacial score (nSPS) is 12.0. The second kappa shape index (κ2) is 7.45. The molecule has 0 unspecified atom stereocenters. The molecule has 1 aromatic carbocycles. The number of ether oxygens (including phenoxy) is 1. The van der Waals surface area contributed by atoms with Gasteiger partial charge in [-0.05, 0) is 38.1 Å². The zero-order valence-electron chi connectivity index (χ0n) is 15.4. The predicted octanol–water partition coefficient (Wildman–Crippen LogP) is 3.22. The Morgan fingerprint density at radius 3 is 2.74 bits per heavy atom. The van der Waals surface area contributed by atoms with Crippen LogP contribution in [-0.4, -0.2) is 27.4 Å². The summed E-state index contributed by atoms with van der Waals surface area (Å²) in [5.74, 6) is 0.810. The van der Waals surface area contributed by atoms with Crippen molar-refractivity contribution in [1.82, 2.24) is 14.6 Å². The first-order chi connectivity index (χ1) is 12.9. The standard InChI is InChI=1S/C19H21FN6O/c1-11(21)18(12(2)22)13-7-8-17(26-10-24-25-19(13)26)23-9-14-15(20)5-4-6-16(14)27-3/h4-8,10,21,23H,9,22H2,1-3H3. The number of aromatic nitrogens is 3. The van der Waals surface area contributed by atoms with Crippen LogP contribution in [0.1, 0.15) is 25.0 Å². The summed E-state index contributed by atoms with van der Waals surface area (Å²) < 4.78 is 21.1. The number of hydrogen-bond donors (Lipinski definition) is 3. The van der Waals surface area contributed by atoms with Gasteiger partial charge in [0.15, 0.2) is 5.65 Å². The lowest BCUT2D eigenvalue weighted by molar-refractivity contribution is 0.405. The largest absolute Gasteiger partial charge is 0.496 e. The summed E-state index contributed by atoms with van der Waals surface area (Å²) in [7, 11) is 1.51. The fraction of sp³-hybridized carbons (Fsp3) is 0.211. The molecule has 0 aliphatic carbocycles. The summed E-state index contributed by atoms with van der Waals surface area (Å²) in [6.45, 7) is 3.65. The molecule has 0 amide bonds. The van der Waals surface area contributed by atoms with Gasteiger partial charge in [0.25, 0.3) is 0 Å². The van der Waals surface area contributed by atoms with E-state index in [0.717, 1.165) is 0 Å². The predicted molar refractivity (Wildman–Crippen MR) is 103 cm³/mol. The first-order valence-corrected chi connectivity index (χ1v) is 8.34. The van der Waals surface area contributed by atoms with Gasteiger partial charge in [0.05, 0.1) is 7.11 Å². The van der Waals surface area contributed by atoms with E-state index in [-0.39, 0.29) is 12.4 Å². The fourth-order valence-corrected chi connectivity index (χ4v) is 3.04. The van der Waals surface area contributed by atoms with E-state index in [0.29, 0.717) is 45.3 Å². The van der Waals surface area contributed by atoms with E-state index in [4.69, 9.17) is 15.9 Å². The van der Waals surface area contributed by atoms with Crippen molar-refractivity contribution >= 4 is 22.7 Å². The maximum Gasteiger partial charge on any atom is 0.170 e. The Kier molecular flexibility index (Phi) is 5.07. The molecule has 3 rings (SSSR count). The molecule has 27 heavy (non-hydrogen) atoms. The number of anilines is 1. The van der Waals surface area contributed by atoms with Gasteiger partial charge in [-0.1, -0.05) is 6.07 Å². The molecule has 2 heterocycles. The molecule has 0 spiro atoms. The Labute approximate surface area is 156 Å². The third kappa shape index (κ3) is 3.46. The second-order valence-electron chi connectivity index (χ2n) is 6.11. The van der Waals surface area contributed by atoms with Crippen LogP contribution in [0.15, 0.2) is 42.4 Å². The molecular formula is C19H21FN6O. The number of benzene rings is 1. The molecule has 4 N–H and O–H groups in total. The maximum atomic E-state index is 14.1. The lowest BCUT2D eigenvalue weighted by Crippen LogP contribution is -2.10. The minimum atomic E-state index is -0.345. The van der Waals surface area contributed by atoms with Gasteiger partial charge in [0.1, 0.15) is 23.7 Å². The smallest absolute Gasteiger partial charge is 0.170 e. The van der Waals surface area contributed by atoms with Crippen LogP contribution in [0.5, 0.6) is 5.75 Å². The summed E-state index contributed by atoms with van der Waals surface area (Å²) >= 11 is 0. The van der Waals surface area contributed by atoms with Crippen molar-refractivity contribution in [3.8, 4) is 5.75 Å². The van der Waals surface area contributed by atoms with E-state index < -0.39 is 0 Å². The van der Waals surface area contributed by atoms with Crippen LogP contribution >= 0.6 is 0 Å². The third-order valence-electron chi connectivity index (χ3n) is 4.24. The number of rotatable bonds is 6. The Balaban J connectivity index is 1.99. The van der Waals surface area contributed by atoms with Crippen LogP contribution in [0.2, 0.25) is 0 Å². The van der Waals surface area contributed by atoms with E-state index in [1.807, 2.05) is 12.1 Å². The van der Waals surface area contributed by atoms with E-state index >= 15 is 0 Å². The molecule has 0 radical (unpaired) electrons. The van der Waals surface area contributed by atoms with Gasteiger partial charge in [0.2, 0.25) is 0 Å². The lowest BCUT2D eigenvalue weighted by Gasteiger charge is -2.15. The number of halogens is 1. The van der Waals surface area contributed by atoms with Crippen LogP contribution in [0.3, 0.4) is 0 Å². The molecule has 140 valence electrons. The number of methoxy groups -OCH3 is 1. The van der Waals surface area contributed by atoms with Gasteiger partial charge < -0.3 is 21.2 Å². The van der Waals surface area contributed by atoms with Crippen molar-refractivity contribution < 1.29 is 9.13 Å². The third-order valence-corrected chi connectivity index (χ3v) is 4.24. The molecule has 0 saturated carbocycles. The van der Waals surface area contributed by atoms with Crippen molar-refractivity contribution in [3.05, 3.63) is 59.3 Å². The van der Waals surface area contributed by atoms with Crippen molar-refractivity contribution in [2.24, 2.45) is 5.73 Å². The van der Waals surface area contributed by atoms with Gasteiger partial charge in [-0.25, -0.2) is 4.39 Å². The lowest BCUT2D eigenvalue weighted by atomic mass is 10.0. The molecule has 0 fully saturated rings. The van der Waals surface area contributed by atoms with Crippen LogP contribution in [0.4, 0.5) is 10.2 Å². The van der Waals surface area contributed by atoms with Crippen LogP contribution in [-0.2, 0) is 6.54 Å². The van der Waals surface area contributed by atoms with Crippen LogP contribution in [0.25, 0.3) is 11.2 Å². The summed E-state index contributed by atoms with van der Waals surface area (Å²) in [5.41, 5.74) is 9.17. The summed E-state index contributed by atoms with van der Waals surface area (Å²) in [4.78, 5) is 0. The number of nitrogens with zero attached hydrogens (tertiary/aromatic N) is 3. The monoisotopic (exact) mass is 368 g/mol. The van der Waals surface area contributed by atoms with Gasteiger partial charge >= 0.3 is 0 Å². The van der Waals surface area contributed by atoms with Crippen LogP contribution in [0, 0.1) is 11.2 Å². The molecule has 0 bridgehead atoms. The highest BCUT2D eigenvalue weighted by atomic mass is 19.1. The Hall–Kier alpha value is -3.42.